The van der Waals surface area contributed by atoms with Gasteiger partial charge in [-0.2, -0.15) is 5.26 Å². The fraction of sp³-hybridized carbons (Fsp3) is 0.583. The van der Waals surface area contributed by atoms with Crippen molar-refractivity contribution < 1.29 is 27.4 Å². The Bertz CT molecular complexity index is 1230. The molecule has 1 heterocycles. The molecule has 0 aromatic heterocycles. The average molecular weight is 649 g/mol. The van der Waals surface area contributed by atoms with Crippen LogP contribution in [0.25, 0.3) is 0 Å². The number of rotatable bonds is 11. The number of hydrogen-bond acceptors (Lipinski definition) is 6. The van der Waals surface area contributed by atoms with Gasteiger partial charge in [0.05, 0.1) is 17.2 Å². The number of halogens is 3. The molecule has 10 heteroatoms. The van der Waals surface area contributed by atoms with Crippen molar-refractivity contribution in [2.45, 2.75) is 120 Å². The Labute approximate surface area is 275 Å². The van der Waals surface area contributed by atoms with E-state index in [2.05, 4.69) is 36.6 Å². The summed E-state index contributed by atoms with van der Waals surface area (Å²) in [5.74, 6) is -0.302. The summed E-state index contributed by atoms with van der Waals surface area (Å²) in [5, 5.41) is 8.85. The van der Waals surface area contributed by atoms with Gasteiger partial charge < -0.3 is 19.3 Å². The lowest BCUT2D eigenvalue weighted by Gasteiger charge is -2.42. The van der Waals surface area contributed by atoms with Gasteiger partial charge in [-0.1, -0.05) is 51.0 Å². The normalized spacial score (nSPS) is 17.9. The minimum atomic E-state index is -4.82. The lowest BCUT2D eigenvalue weighted by Crippen LogP contribution is -2.54. The van der Waals surface area contributed by atoms with Gasteiger partial charge in [0.2, 0.25) is 0 Å². The molecule has 1 fully saturated rings. The zero-order valence-corrected chi connectivity index (χ0v) is 29.7. The number of piperazine rings is 1. The van der Waals surface area contributed by atoms with Crippen LogP contribution in [0.3, 0.4) is 0 Å². The Hall–Kier alpha value is -3.74. The highest BCUT2D eigenvalue weighted by Crippen LogP contribution is 2.30. The van der Waals surface area contributed by atoms with E-state index in [0.717, 1.165) is 31.3 Å². The number of ether oxygens (including phenoxy) is 2. The van der Waals surface area contributed by atoms with Gasteiger partial charge >= 0.3 is 12.5 Å². The van der Waals surface area contributed by atoms with Gasteiger partial charge in [-0.15, -0.1) is 13.2 Å². The van der Waals surface area contributed by atoms with Gasteiger partial charge in [0.15, 0.2) is 0 Å². The van der Waals surface area contributed by atoms with E-state index in [1.165, 1.54) is 18.6 Å². The Kier molecular flexibility index (Phi) is 19.4. The minimum absolute atomic E-state index is 0.190. The molecule has 1 saturated heterocycles. The zero-order valence-electron chi connectivity index (χ0n) is 29.7. The first-order valence-electron chi connectivity index (χ1n) is 16.0. The maximum atomic E-state index is 13.1. The molecular weight excluding hydrogens is 593 g/mol. The van der Waals surface area contributed by atoms with Crippen LogP contribution in [0.4, 0.5) is 18.0 Å². The summed E-state index contributed by atoms with van der Waals surface area (Å²) in [5.41, 5.74) is 2.69. The summed E-state index contributed by atoms with van der Waals surface area (Å²) < 4.78 is 49.0. The molecule has 0 aromatic rings. The first-order valence-corrected chi connectivity index (χ1v) is 16.0. The van der Waals surface area contributed by atoms with Crippen molar-refractivity contribution in [2.24, 2.45) is 4.99 Å². The molecular formula is C36H55F3N4O3. The van der Waals surface area contributed by atoms with Gasteiger partial charge in [-0.25, -0.2) is 4.79 Å². The fourth-order valence-corrected chi connectivity index (χ4v) is 4.50. The van der Waals surface area contributed by atoms with E-state index in [0.29, 0.717) is 31.0 Å². The first-order chi connectivity index (χ1) is 21.4. The highest BCUT2D eigenvalue weighted by Gasteiger charge is 2.36. The van der Waals surface area contributed by atoms with Crippen LogP contribution >= 0.6 is 0 Å². The Morgan fingerprint density at radius 1 is 1.04 bits per heavy atom. The number of alkyl halides is 3. The highest BCUT2D eigenvalue weighted by molar-refractivity contribution is 6.02. The topological polar surface area (TPSA) is 78.2 Å². The van der Waals surface area contributed by atoms with Crippen LogP contribution in [-0.4, -0.2) is 59.2 Å². The van der Waals surface area contributed by atoms with Gasteiger partial charge in [0.1, 0.15) is 11.4 Å². The number of aliphatic imine (C=N–C) groups is 1. The summed E-state index contributed by atoms with van der Waals surface area (Å²) in [4.78, 5) is 20.4. The van der Waals surface area contributed by atoms with Gasteiger partial charge in [0, 0.05) is 43.3 Å². The molecule has 0 spiro atoms. The van der Waals surface area contributed by atoms with Crippen molar-refractivity contribution in [3.05, 3.63) is 70.8 Å². The molecule has 1 aliphatic rings. The van der Waals surface area contributed by atoms with Crippen LogP contribution in [0.1, 0.15) is 102 Å². The van der Waals surface area contributed by atoms with E-state index >= 15 is 0 Å². The molecule has 1 aliphatic heterocycles. The van der Waals surface area contributed by atoms with Crippen molar-refractivity contribution >= 4 is 11.8 Å². The molecule has 0 N–H and O–H groups in total. The van der Waals surface area contributed by atoms with E-state index in [-0.39, 0.29) is 17.4 Å². The van der Waals surface area contributed by atoms with Crippen LogP contribution in [0.15, 0.2) is 75.8 Å². The molecule has 1 unspecified atom stereocenters. The molecule has 0 bridgehead atoms. The largest absolute Gasteiger partial charge is 0.573 e. The minimum Gasteiger partial charge on any atom is -0.444 e. The van der Waals surface area contributed by atoms with Crippen molar-refractivity contribution in [1.82, 2.24) is 9.80 Å². The first kappa shape index (κ1) is 42.3. The third-order valence-electron chi connectivity index (χ3n) is 6.62. The van der Waals surface area contributed by atoms with Crippen LogP contribution in [0, 0.1) is 11.3 Å². The van der Waals surface area contributed by atoms with E-state index in [1.54, 1.807) is 45.7 Å². The van der Waals surface area contributed by atoms with E-state index in [9.17, 15) is 18.0 Å². The lowest BCUT2D eigenvalue weighted by atomic mass is 10.0. The van der Waals surface area contributed by atoms with Gasteiger partial charge in [0.25, 0.3) is 0 Å². The van der Waals surface area contributed by atoms with Gasteiger partial charge in [-0.3, -0.25) is 4.99 Å². The molecule has 7 nitrogen and oxygen atoms in total. The maximum Gasteiger partial charge on any atom is 0.573 e. The molecule has 46 heavy (non-hydrogen) atoms. The highest BCUT2D eigenvalue weighted by atomic mass is 19.4. The van der Waals surface area contributed by atoms with Crippen LogP contribution in [-0.2, 0) is 9.47 Å². The van der Waals surface area contributed by atoms with Crippen molar-refractivity contribution in [3.63, 3.8) is 0 Å². The SMILES string of the molecule is CC/C=C/C=C(C#N)\C=C(/C)CCC.C\C=C(OC(F)(F)F)/C(=C(/C)N1CCN(C(=O)OC(C)(C)C)C(C)C1)C(/C)=N/C=C/CC. The third kappa shape index (κ3) is 17.1. The zero-order chi connectivity index (χ0) is 35.5. The molecule has 1 rings (SSSR count). The standard InChI is InChI=1S/C23H36F3N3O3.C13H19N/c1-9-11-12-27-17(4)20(19(10-2)31-23(24,25)26)18(5)28-13-14-29(16(3)15-28)21(30)32-22(6,7)8;1-4-6-7-9-13(11-14)10-12(3)8-5-2/h10-12,16H,9,13-15H2,1-8H3;6-7,9-10H,4-5,8H2,1-3H3/b12-11+,19-10+,20-18-,27-17+;7-6+,12-10+,13-9+. The number of carbonyl (C=O) groups is 1. The smallest absolute Gasteiger partial charge is 0.444 e. The number of amides is 1. The molecule has 1 atom stereocenters. The van der Waals surface area contributed by atoms with Crippen molar-refractivity contribution in [2.75, 3.05) is 19.6 Å². The van der Waals surface area contributed by atoms with Crippen molar-refractivity contribution in [1.29, 1.82) is 5.26 Å². The van der Waals surface area contributed by atoms with E-state index in [1.807, 2.05) is 49.1 Å². The molecule has 258 valence electrons. The van der Waals surface area contributed by atoms with E-state index in [4.69, 9.17) is 10.00 Å². The van der Waals surface area contributed by atoms with Crippen LogP contribution in [0.2, 0.25) is 0 Å². The van der Waals surface area contributed by atoms with Crippen molar-refractivity contribution in [3.8, 4) is 6.07 Å². The predicted molar refractivity (Wildman–Crippen MR) is 182 cm³/mol. The Morgan fingerprint density at radius 3 is 2.15 bits per heavy atom. The number of hydrogen-bond donors (Lipinski definition) is 0. The Morgan fingerprint density at radius 2 is 1.67 bits per heavy atom. The number of nitrogens with zero attached hydrogens (tertiary/aromatic N) is 4. The lowest BCUT2D eigenvalue weighted by molar-refractivity contribution is -0.303. The molecule has 0 saturated carbocycles. The second-order valence-electron chi connectivity index (χ2n) is 11.9. The summed E-state index contributed by atoms with van der Waals surface area (Å²) in [7, 11) is 0. The number of allylic oxidation sites excluding steroid dienone is 10. The van der Waals surface area contributed by atoms with E-state index < -0.39 is 18.1 Å². The average Bonchev–Trinajstić information content (AvgIpc) is 2.95. The number of carbonyl (C=O) groups excluding carboxylic acids is 1. The van der Waals surface area contributed by atoms with Crippen LogP contribution < -0.4 is 0 Å². The number of nitriles is 1. The van der Waals surface area contributed by atoms with Gasteiger partial charge in [-0.05, 0) is 92.9 Å². The summed E-state index contributed by atoms with van der Waals surface area (Å²) >= 11 is 0. The molecule has 0 aromatic carbocycles. The predicted octanol–water partition coefficient (Wildman–Crippen LogP) is 10.2. The summed E-state index contributed by atoms with van der Waals surface area (Å²) in [6, 6.07) is 1.99. The summed E-state index contributed by atoms with van der Waals surface area (Å²) in [6.07, 6.45) is 11.2. The second-order valence-corrected chi connectivity index (χ2v) is 11.9. The second kappa shape index (κ2) is 21.1. The van der Waals surface area contributed by atoms with Crippen LogP contribution in [0.5, 0.6) is 0 Å². The maximum absolute atomic E-state index is 13.1. The monoisotopic (exact) mass is 648 g/mol. The molecule has 1 amide bonds. The third-order valence-corrected chi connectivity index (χ3v) is 6.62. The molecule has 0 radical (unpaired) electrons. The fourth-order valence-electron chi connectivity index (χ4n) is 4.50. The molecule has 0 aliphatic carbocycles. The summed E-state index contributed by atoms with van der Waals surface area (Å²) in [6.45, 7) is 21.7. The Balaban J connectivity index is 0.00000121. The quantitative estimate of drug-likeness (QED) is 0.0964.